The molecule has 0 amide bonds. The van der Waals surface area contributed by atoms with Crippen molar-refractivity contribution in [2.75, 3.05) is 0 Å². The van der Waals surface area contributed by atoms with Gasteiger partial charge in [-0.25, -0.2) is 8.42 Å². The van der Waals surface area contributed by atoms with Gasteiger partial charge in [-0.2, -0.15) is 30.4 Å². The van der Waals surface area contributed by atoms with Gasteiger partial charge in [-0.1, -0.05) is 97.1 Å². The van der Waals surface area contributed by atoms with Crippen LogP contribution in [0.5, 0.6) is 0 Å². The van der Waals surface area contributed by atoms with E-state index in [1.807, 2.05) is 0 Å². The van der Waals surface area contributed by atoms with E-state index in [2.05, 4.69) is 4.74 Å². The summed E-state index contributed by atoms with van der Waals surface area (Å²) in [5.41, 5.74) is 0.820. The molecule has 0 aliphatic heterocycles. The van der Waals surface area contributed by atoms with Crippen LogP contribution in [0.3, 0.4) is 0 Å². The maximum atomic E-state index is 15.9. The molecule has 0 spiro atoms. The first-order valence-electron chi connectivity index (χ1n) is 13.6. The summed E-state index contributed by atoms with van der Waals surface area (Å²) in [5.74, 6) is -1.80. The van der Waals surface area contributed by atoms with Crippen molar-refractivity contribution in [1.29, 1.82) is 0 Å². The SMILES string of the molecule is O=C(OC(C(F)(F)F)C(F)(F)S(=O)(=O)OS(c1ccccc1)(c1ccccc1)c1ccccc1)c1ccc(-c2ccccc2)cc1. The van der Waals surface area contributed by atoms with E-state index in [0.29, 0.717) is 5.56 Å². The van der Waals surface area contributed by atoms with Crippen LogP contribution in [0.15, 0.2) is 160 Å². The number of rotatable bonds is 10. The second-order valence-corrected chi connectivity index (χ2v) is 14.4. The number of esters is 1. The maximum absolute atomic E-state index is 15.9. The lowest BCUT2D eigenvalue weighted by Gasteiger charge is -2.40. The van der Waals surface area contributed by atoms with E-state index in [-0.39, 0.29) is 14.7 Å². The Labute approximate surface area is 263 Å². The zero-order chi connectivity index (χ0) is 33.0. The lowest BCUT2D eigenvalue weighted by molar-refractivity contribution is -0.247. The number of halogens is 5. The molecule has 5 aromatic rings. The van der Waals surface area contributed by atoms with Gasteiger partial charge in [-0.3, -0.25) is 0 Å². The first-order valence-corrected chi connectivity index (χ1v) is 16.6. The lowest BCUT2D eigenvalue weighted by Crippen LogP contribution is -2.52. The number of hydrogen-bond acceptors (Lipinski definition) is 5. The van der Waals surface area contributed by atoms with Gasteiger partial charge in [0.25, 0.3) is 6.10 Å². The fraction of sp³-hybridized carbons (Fsp3) is 0.0882. The highest BCUT2D eigenvalue weighted by Crippen LogP contribution is 2.70. The van der Waals surface area contributed by atoms with Crippen LogP contribution in [0.25, 0.3) is 11.1 Å². The number of hydrogen-bond donors (Lipinski definition) is 0. The highest BCUT2D eigenvalue weighted by molar-refractivity contribution is 8.33. The molecule has 5 aromatic carbocycles. The van der Waals surface area contributed by atoms with Gasteiger partial charge in [0, 0.05) is 14.7 Å². The molecule has 12 heteroatoms. The van der Waals surface area contributed by atoms with E-state index in [4.69, 9.17) is 3.63 Å². The third kappa shape index (κ3) is 6.55. The second-order valence-electron chi connectivity index (χ2n) is 9.85. The van der Waals surface area contributed by atoms with Crippen LogP contribution in [0.1, 0.15) is 10.4 Å². The smallest absolute Gasteiger partial charge is 0.432 e. The molecule has 0 aliphatic carbocycles. The zero-order valence-electron chi connectivity index (χ0n) is 23.7. The minimum absolute atomic E-state index is 0.117. The predicted molar refractivity (Wildman–Crippen MR) is 164 cm³/mol. The predicted octanol–water partition coefficient (Wildman–Crippen LogP) is 9.28. The van der Waals surface area contributed by atoms with Crippen LogP contribution in [0.2, 0.25) is 0 Å². The molecule has 0 saturated carbocycles. The summed E-state index contributed by atoms with van der Waals surface area (Å²) in [4.78, 5) is 13.1. The van der Waals surface area contributed by atoms with Crippen LogP contribution < -0.4 is 0 Å². The topological polar surface area (TPSA) is 69.7 Å². The average Bonchev–Trinajstić information content (AvgIpc) is 3.07. The van der Waals surface area contributed by atoms with Gasteiger partial charge in [0.15, 0.2) is 0 Å². The first kappa shape index (κ1) is 32.9. The molecule has 0 heterocycles. The summed E-state index contributed by atoms with van der Waals surface area (Å²) < 4.78 is 111. The Bertz CT molecular complexity index is 1770. The summed E-state index contributed by atoms with van der Waals surface area (Å²) in [6.45, 7) is 0. The van der Waals surface area contributed by atoms with Gasteiger partial charge in [-0.05, 0) is 70.0 Å². The molecule has 5 rings (SSSR count). The summed E-state index contributed by atoms with van der Waals surface area (Å²) >= 11 is 0. The number of alkyl halides is 5. The standard InChI is InChI=1S/C34H25F5O5S2/c35-33(36,37)32(43-31(40)27-23-21-26(22-24-27)25-13-5-1-6-14-25)34(38,39)46(41,42)44-45(28-15-7-2-8-16-28,29-17-9-3-10-18-29)30-19-11-4-12-20-30/h1-24,32H. The fourth-order valence-electron chi connectivity index (χ4n) is 4.60. The molecule has 0 bridgehead atoms. The number of benzene rings is 5. The van der Waals surface area contributed by atoms with E-state index < -0.39 is 49.5 Å². The number of carbonyl (C=O) groups excluding carboxylic acids is 1. The minimum Gasteiger partial charge on any atom is -0.441 e. The van der Waals surface area contributed by atoms with Gasteiger partial charge < -0.3 is 4.74 Å². The number of carbonyl (C=O) groups is 1. The monoisotopic (exact) mass is 672 g/mol. The molecule has 238 valence electrons. The van der Waals surface area contributed by atoms with Gasteiger partial charge in [0.2, 0.25) is 0 Å². The van der Waals surface area contributed by atoms with Gasteiger partial charge in [-0.15, -0.1) is 0 Å². The van der Waals surface area contributed by atoms with Crippen molar-refractivity contribution in [3.05, 3.63) is 151 Å². The van der Waals surface area contributed by atoms with Crippen molar-refractivity contribution in [3.63, 3.8) is 0 Å². The Hall–Kier alpha value is -4.52. The summed E-state index contributed by atoms with van der Waals surface area (Å²) in [7, 11) is -10.1. The average molecular weight is 673 g/mol. The zero-order valence-corrected chi connectivity index (χ0v) is 25.3. The van der Waals surface area contributed by atoms with Crippen molar-refractivity contribution in [1.82, 2.24) is 0 Å². The lowest BCUT2D eigenvalue weighted by atomic mass is 10.0. The fourth-order valence-corrected chi connectivity index (χ4v) is 9.87. The van der Waals surface area contributed by atoms with Crippen LogP contribution in [-0.2, 0) is 18.5 Å². The van der Waals surface area contributed by atoms with Crippen molar-refractivity contribution >= 4 is 26.4 Å². The quantitative estimate of drug-likeness (QED) is 0.109. The molecule has 0 saturated heterocycles. The van der Waals surface area contributed by atoms with E-state index in [9.17, 15) is 26.4 Å². The van der Waals surface area contributed by atoms with Crippen LogP contribution >= 0.6 is 10.3 Å². The Balaban J connectivity index is 1.55. The van der Waals surface area contributed by atoms with E-state index in [1.54, 1.807) is 48.5 Å². The summed E-state index contributed by atoms with van der Waals surface area (Å²) in [6, 6.07) is 36.2. The van der Waals surface area contributed by atoms with E-state index >= 15 is 8.78 Å². The maximum Gasteiger partial charge on any atom is 0.432 e. The van der Waals surface area contributed by atoms with Gasteiger partial charge >= 0.3 is 27.5 Å². The molecule has 0 aromatic heterocycles. The molecule has 0 fully saturated rings. The molecule has 1 unspecified atom stereocenters. The third-order valence-electron chi connectivity index (χ3n) is 6.81. The molecule has 1 atom stereocenters. The Morgan fingerprint density at radius 1 is 0.543 bits per heavy atom. The highest BCUT2D eigenvalue weighted by Gasteiger charge is 2.68. The molecular formula is C34H25F5O5S2. The van der Waals surface area contributed by atoms with Crippen molar-refractivity contribution in [3.8, 4) is 11.1 Å². The largest absolute Gasteiger partial charge is 0.441 e. The molecule has 5 nitrogen and oxygen atoms in total. The molecular weight excluding hydrogens is 647 g/mol. The minimum atomic E-state index is -6.51. The second kappa shape index (κ2) is 13.1. The molecule has 0 N–H and O–H groups in total. The van der Waals surface area contributed by atoms with Crippen molar-refractivity contribution in [2.45, 2.75) is 32.2 Å². The normalized spacial score (nSPS) is 13.5. The Kier molecular flexibility index (Phi) is 9.34. The Morgan fingerprint density at radius 3 is 1.30 bits per heavy atom. The highest BCUT2D eigenvalue weighted by atomic mass is 32.3. The molecule has 46 heavy (non-hydrogen) atoms. The van der Waals surface area contributed by atoms with Crippen molar-refractivity contribution in [2.24, 2.45) is 0 Å². The van der Waals surface area contributed by atoms with Crippen LogP contribution in [-0.4, -0.2) is 31.9 Å². The summed E-state index contributed by atoms with van der Waals surface area (Å²) in [6.07, 6.45) is -10.4. The molecule has 0 aliphatic rings. The molecule has 0 radical (unpaired) electrons. The van der Waals surface area contributed by atoms with Gasteiger partial charge in [0.05, 0.1) is 5.56 Å². The van der Waals surface area contributed by atoms with E-state index in [0.717, 1.165) is 17.7 Å². The Morgan fingerprint density at radius 2 is 0.913 bits per heavy atom. The van der Waals surface area contributed by atoms with Crippen molar-refractivity contribution < 1.29 is 43.5 Å². The number of ether oxygens (including phenoxy) is 1. The van der Waals surface area contributed by atoms with E-state index in [1.165, 1.54) is 84.9 Å². The van der Waals surface area contributed by atoms with Gasteiger partial charge in [0.1, 0.15) is 0 Å². The van der Waals surface area contributed by atoms with Crippen LogP contribution in [0.4, 0.5) is 22.0 Å². The summed E-state index contributed by atoms with van der Waals surface area (Å²) in [5, 5.41) is -5.78. The first-order chi connectivity index (χ1) is 21.9. The third-order valence-corrected chi connectivity index (χ3v) is 12.0. The van der Waals surface area contributed by atoms with Crippen LogP contribution in [0, 0.1) is 0 Å².